The van der Waals surface area contributed by atoms with E-state index >= 15 is 0 Å². The predicted octanol–water partition coefficient (Wildman–Crippen LogP) is 2.07. The summed E-state index contributed by atoms with van der Waals surface area (Å²) >= 11 is 0. The number of amides is 1. The van der Waals surface area contributed by atoms with Crippen molar-refractivity contribution in [2.45, 2.75) is 26.4 Å². The van der Waals surface area contributed by atoms with Gasteiger partial charge in [0.1, 0.15) is 0 Å². The van der Waals surface area contributed by atoms with Crippen LogP contribution in [0.15, 0.2) is 30.3 Å². The Morgan fingerprint density at radius 1 is 1.41 bits per heavy atom. The fraction of sp³-hybridized carbons (Fsp3) is 0.333. The van der Waals surface area contributed by atoms with Crippen molar-refractivity contribution in [1.82, 2.24) is 5.32 Å². The lowest BCUT2D eigenvalue weighted by Crippen LogP contribution is -2.25. The molecule has 0 aromatic heterocycles. The molecule has 1 amide bonds. The van der Waals surface area contributed by atoms with Crippen molar-refractivity contribution in [2.75, 3.05) is 6.54 Å². The molecule has 0 saturated heterocycles. The van der Waals surface area contributed by atoms with Crippen molar-refractivity contribution in [3.05, 3.63) is 46.0 Å². The molecule has 7 heteroatoms. The molecule has 0 bridgehead atoms. The molecule has 7 nitrogen and oxygen atoms in total. The summed E-state index contributed by atoms with van der Waals surface area (Å²) in [4.78, 5) is 32.9. The smallest absolute Gasteiger partial charge is 0.307 e. The first-order chi connectivity index (χ1) is 10.4. The molecule has 22 heavy (non-hydrogen) atoms. The fourth-order valence-electron chi connectivity index (χ4n) is 1.58. The number of nitrogens with zero attached hydrogens (tertiary/aromatic N) is 1. The highest BCUT2D eigenvalue weighted by atomic mass is 16.6. The molecule has 0 aliphatic rings. The number of carbonyl (C=O) groups is 2. The van der Waals surface area contributed by atoms with Gasteiger partial charge in [-0.15, -0.1) is 0 Å². The summed E-state index contributed by atoms with van der Waals surface area (Å²) in [5.41, 5.74) is 0.502. The van der Waals surface area contributed by atoms with Crippen LogP contribution >= 0.6 is 0 Å². The molecule has 118 valence electrons. The van der Waals surface area contributed by atoms with Crippen LogP contribution < -0.4 is 5.32 Å². The molecule has 0 aliphatic heterocycles. The third kappa shape index (κ3) is 6.65. The second-order valence-corrected chi connectivity index (χ2v) is 4.77. The van der Waals surface area contributed by atoms with Crippen molar-refractivity contribution in [3.63, 3.8) is 0 Å². The number of benzene rings is 1. The van der Waals surface area contributed by atoms with Gasteiger partial charge < -0.3 is 10.1 Å². The van der Waals surface area contributed by atoms with E-state index in [-0.39, 0.29) is 36.6 Å². The molecule has 1 aromatic carbocycles. The number of hydrogen-bond donors (Lipinski definition) is 1. The Hall–Kier alpha value is -2.70. The lowest BCUT2D eigenvalue weighted by atomic mass is 10.2. The van der Waals surface area contributed by atoms with E-state index in [1.165, 1.54) is 30.4 Å². The van der Waals surface area contributed by atoms with Crippen LogP contribution in [0, 0.1) is 10.1 Å². The maximum atomic E-state index is 11.6. The Bertz CT molecular complexity index is 581. The Morgan fingerprint density at radius 3 is 2.77 bits per heavy atom. The minimum Gasteiger partial charge on any atom is -0.463 e. The first-order valence-corrected chi connectivity index (χ1v) is 6.78. The quantitative estimate of drug-likeness (QED) is 0.360. The summed E-state index contributed by atoms with van der Waals surface area (Å²) in [5, 5.41) is 13.2. The average Bonchev–Trinajstić information content (AvgIpc) is 2.44. The number of ether oxygens (including phenoxy) is 1. The van der Waals surface area contributed by atoms with Gasteiger partial charge in [0.2, 0.25) is 5.91 Å². The first-order valence-electron chi connectivity index (χ1n) is 6.78. The van der Waals surface area contributed by atoms with Crippen molar-refractivity contribution in [3.8, 4) is 0 Å². The largest absolute Gasteiger partial charge is 0.463 e. The zero-order valence-corrected chi connectivity index (χ0v) is 12.4. The number of hydrogen-bond acceptors (Lipinski definition) is 5. The molecule has 0 saturated carbocycles. The molecule has 0 radical (unpaired) electrons. The second kappa shape index (κ2) is 8.56. The molecule has 1 N–H and O–H groups in total. The second-order valence-electron chi connectivity index (χ2n) is 4.77. The van der Waals surface area contributed by atoms with Crippen molar-refractivity contribution in [2.24, 2.45) is 0 Å². The summed E-state index contributed by atoms with van der Waals surface area (Å²) in [5.74, 6) is -0.762. The number of rotatable bonds is 7. The topological polar surface area (TPSA) is 98.5 Å². The molecule has 0 heterocycles. The summed E-state index contributed by atoms with van der Waals surface area (Å²) in [6.07, 6.45) is 2.63. The van der Waals surface area contributed by atoms with Gasteiger partial charge in [0.25, 0.3) is 5.69 Å². The highest BCUT2D eigenvalue weighted by molar-refractivity contribution is 5.92. The number of nitrogens with one attached hydrogen (secondary N) is 1. The maximum absolute atomic E-state index is 11.6. The van der Waals surface area contributed by atoms with Crippen LogP contribution in [0.1, 0.15) is 25.8 Å². The Kier molecular flexibility index (Phi) is 6.75. The van der Waals surface area contributed by atoms with E-state index < -0.39 is 4.92 Å². The SMILES string of the molecule is CC(C)OC(=O)CCNC(=O)/C=C/c1cccc([N+](=O)[O-])c1. The summed E-state index contributed by atoms with van der Waals surface area (Å²) in [6.45, 7) is 3.67. The normalized spacial score (nSPS) is 10.7. The van der Waals surface area contributed by atoms with E-state index in [1.54, 1.807) is 19.9 Å². The number of esters is 1. The fourth-order valence-corrected chi connectivity index (χ4v) is 1.58. The summed E-state index contributed by atoms with van der Waals surface area (Å²) in [7, 11) is 0. The highest BCUT2D eigenvalue weighted by Crippen LogP contribution is 2.13. The van der Waals surface area contributed by atoms with Gasteiger partial charge in [0.15, 0.2) is 0 Å². The lowest BCUT2D eigenvalue weighted by molar-refractivity contribution is -0.384. The standard InChI is InChI=1S/C15H18N2O5/c1-11(2)22-15(19)8-9-16-14(18)7-6-12-4-3-5-13(10-12)17(20)21/h3-7,10-11H,8-9H2,1-2H3,(H,16,18)/b7-6+. The zero-order valence-electron chi connectivity index (χ0n) is 12.4. The van der Waals surface area contributed by atoms with E-state index in [1.807, 2.05) is 0 Å². The molecule has 1 rings (SSSR count). The van der Waals surface area contributed by atoms with Gasteiger partial charge in [-0.1, -0.05) is 12.1 Å². The average molecular weight is 306 g/mol. The molecule has 0 unspecified atom stereocenters. The van der Waals surface area contributed by atoms with Crippen LogP contribution in [-0.2, 0) is 14.3 Å². The van der Waals surface area contributed by atoms with E-state index in [9.17, 15) is 19.7 Å². The van der Waals surface area contributed by atoms with Crippen molar-refractivity contribution in [1.29, 1.82) is 0 Å². The van der Waals surface area contributed by atoms with Gasteiger partial charge in [-0.05, 0) is 25.5 Å². The Morgan fingerprint density at radius 2 is 2.14 bits per heavy atom. The number of nitro benzene ring substituents is 1. The molecular formula is C15H18N2O5. The van der Waals surface area contributed by atoms with Crippen LogP contribution in [0.5, 0.6) is 0 Å². The molecule has 1 aromatic rings. The number of carbonyl (C=O) groups excluding carboxylic acids is 2. The van der Waals surface area contributed by atoms with Gasteiger partial charge >= 0.3 is 5.97 Å². The maximum Gasteiger partial charge on any atom is 0.307 e. The minimum absolute atomic E-state index is 0.0426. The zero-order chi connectivity index (χ0) is 16.5. The van der Waals surface area contributed by atoms with Crippen molar-refractivity contribution < 1.29 is 19.2 Å². The molecular weight excluding hydrogens is 288 g/mol. The van der Waals surface area contributed by atoms with Gasteiger partial charge in [0.05, 0.1) is 17.4 Å². The highest BCUT2D eigenvalue weighted by Gasteiger charge is 2.06. The van der Waals surface area contributed by atoms with Crippen LogP contribution in [0.25, 0.3) is 6.08 Å². The van der Waals surface area contributed by atoms with E-state index in [2.05, 4.69) is 5.32 Å². The molecule has 0 fully saturated rings. The summed E-state index contributed by atoms with van der Waals surface area (Å²) in [6, 6.07) is 5.93. The monoisotopic (exact) mass is 306 g/mol. The predicted molar refractivity (Wildman–Crippen MR) is 81.0 cm³/mol. The third-order valence-electron chi connectivity index (χ3n) is 2.50. The van der Waals surface area contributed by atoms with Gasteiger partial charge in [0, 0.05) is 24.8 Å². The lowest BCUT2D eigenvalue weighted by Gasteiger charge is -2.07. The molecule has 0 aliphatic carbocycles. The van der Waals surface area contributed by atoms with E-state index in [0.717, 1.165) is 0 Å². The van der Waals surface area contributed by atoms with Crippen LogP contribution in [0.4, 0.5) is 5.69 Å². The third-order valence-corrected chi connectivity index (χ3v) is 2.50. The van der Waals surface area contributed by atoms with Gasteiger partial charge in [-0.3, -0.25) is 19.7 Å². The first kappa shape index (κ1) is 17.4. The van der Waals surface area contributed by atoms with Crippen LogP contribution in [0.3, 0.4) is 0 Å². The van der Waals surface area contributed by atoms with Crippen LogP contribution in [-0.4, -0.2) is 29.4 Å². The Balaban J connectivity index is 2.43. The molecule has 0 spiro atoms. The van der Waals surface area contributed by atoms with Gasteiger partial charge in [-0.2, -0.15) is 0 Å². The van der Waals surface area contributed by atoms with Crippen molar-refractivity contribution >= 4 is 23.6 Å². The van der Waals surface area contributed by atoms with Gasteiger partial charge in [-0.25, -0.2) is 0 Å². The van der Waals surface area contributed by atoms with E-state index in [0.29, 0.717) is 5.56 Å². The Labute approximate surface area is 128 Å². The molecule has 0 atom stereocenters. The van der Waals surface area contributed by atoms with Crippen LogP contribution in [0.2, 0.25) is 0 Å². The summed E-state index contributed by atoms with van der Waals surface area (Å²) < 4.78 is 4.92. The minimum atomic E-state index is -0.502. The number of non-ortho nitro benzene ring substituents is 1. The number of nitro groups is 1. The van der Waals surface area contributed by atoms with E-state index in [4.69, 9.17) is 4.74 Å².